The number of carboxylic acids is 1. The van der Waals surface area contributed by atoms with Crippen LogP contribution in [-0.4, -0.2) is 16.9 Å². The second-order valence-electron chi connectivity index (χ2n) is 10.8. The highest BCUT2D eigenvalue weighted by molar-refractivity contribution is 5.85. The van der Waals surface area contributed by atoms with E-state index < -0.39 is 5.97 Å². The summed E-state index contributed by atoms with van der Waals surface area (Å²) in [5.41, 5.74) is 0.678. The van der Waals surface area contributed by atoms with Gasteiger partial charge in [0.15, 0.2) is 0 Å². The van der Waals surface area contributed by atoms with Crippen LogP contribution in [-0.2, 0) is 9.59 Å². The number of Topliss-reactive ketones (excluding diaryl/α,β-unsaturated/α-hetero) is 1. The van der Waals surface area contributed by atoms with Gasteiger partial charge >= 0.3 is 5.97 Å². The maximum absolute atomic E-state index is 12.5. The average molecular weight is 330 g/mol. The molecule has 6 fully saturated rings. The maximum Gasteiger partial charge on any atom is 0.303 e. The SMILES string of the molecule is CC1(C)C(=O)CC[C@]2(C)[C@@H]1CC[C@@]13C[C@H]4[C@@H](C[C@H]12)[C@@]4(CC(=O)O)C3. The molecule has 0 saturated heterocycles. The van der Waals surface area contributed by atoms with Crippen molar-refractivity contribution in [1.82, 2.24) is 0 Å². The molecular weight excluding hydrogens is 300 g/mol. The molecule has 6 aliphatic rings. The molecule has 0 aromatic heterocycles. The number of fused-ring (bicyclic) bond motifs is 1. The molecule has 1 N–H and O–H groups in total. The first kappa shape index (κ1) is 15.4. The van der Waals surface area contributed by atoms with Crippen molar-refractivity contribution in [1.29, 1.82) is 0 Å². The van der Waals surface area contributed by atoms with Gasteiger partial charge in [0, 0.05) is 11.8 Å². The number of carbonyl (C=O) groups is 2. The van der Waals surface area contributed by atoms with Crippen molar-refractivity contribution in [2.45, 2.75) is 72.1 Å². The van der Waals surface area contributed by atoms with Crippen LogP contribution >= 0.6 is 0 Å². The Kier molecular flexibility index (Phi) is 2.63. The van der Waals surface area contributed by atoms with Crippen molar-refractivity contribution in [3.8, 4) is 0 Å². The van der Waals surface area contributed by atoms with Crippen LogP contribution in [0.1, 0.15) is 72.1 Å². The van der Waals surface area contributed by atoms with Crippen LogP contribution in [0.3, 0.4) is 0 Å². The lowest BCUT2D eigenvalue weighted by atomic mass is 9.39. The third-order valence-electron chi connectivity index (χ3n) is 9.87. The van der Waals surface area contributed by atoms with E-state index in [1.54, 1.807) is 0 Å². The Bertz CT molecular complexity index is 651. The van der Waals surface area contributed by atoms with Gasteiger partial charge in [-0.1, -0.05) is 20.8 Å². The Balaban J connectivity index is 1.50. The van der Waals surface area contributed by atoms with E-state index in [1.807, 2.05) is 0 Å². The first-order valence-corrected chi connectivity index (χ1v) is 9.91. The molecule has 0 unspecified atom stereocenters. The van der Waals surface area contributed by atoms with Gasteiger partial charge in [0.2, 0.25) is 0 Å². The zero-order valence-electron chi connectivity index (χ0n) is 15.2. The van der Waals surface area contributed by atoms with Crippen molar-refractivity contribution < 1.29 is 14.7 Å². The first-order chi connectivity index (χ1) is 11.2. The topological polar surface area (TPSA) is 54.4 Å². The summed E-state index contributed by atoms with van der Waals surface area (Å²) >= 11 is 0. The average Bonchev–Trinajstić information content (AvgIpc) is 2.96. The predicted octanol–water partition coefficient (Wildman–Crippen LogP) is 4.30. The van der Waals surface area contributed by atoms with Gasteiger partial charge in [-0.25, -0.2) is 0 Å². The van der Waals surface area contributed by atoms with Gasteiger partial charge in [-0.2, -0.15) is 0 Å². The van der Waals surface area contributed by atoms with E-state index in [-0.39, 0.29) is 10.8 Å². The van der Waals surface area contributed by atoms with Gasteiger partial charge in [0.05, 0.1) is 6.42 Å². The van der Waals surface area contributed by atoms with Crippen LogP contribution < -0.4 is 0 Å². The lowest BCUT2D eigenvalue weighted by molar-refractivity contribution is -0.173. The molecule has 0 radical (unpaired) electrons. The third-order valence-corrected chi connectivity index (χ3v) is 9.87. The summed E-state index contributed by atoms with van der Waals surface area (Å²) in [6, 6.07) is 0. The van der Waals surface area contributed by atoms with Gasteiger partial charge in [-0.05, 0) is 78.4 Å². The Morgan fingerprint density at radius 1 is 1.17 bits per heavy atom. The Morgan fingerprint density at radius 3 is 2.62 bits per heavy atom. The predicted molar refractivity (Wildman–Crippen MR) is 90.3 cm³/mol. The summed E-state index contributed by atoms with van der Waals surface area (Å²) in [5, 5.41) is 9.39. The quantitative estimate of drug-likeness (QED) is 0.821. The highest BCUT2D eigenvalue weighted by atomic mass is 16.4. The van der Waals surface area contributed by atoms with Crippen molar-refractivity contribution in [3.63, 3.8) is 0 Å². The summed E-state index contributed by atoms with van der Waals surface area (Å²) in [7, 11) is 0. The first-order valence-electron chi connectivity index (χ1n) is 9.91. The lowest BCUT2D eigenvalue weighted by Gasteiger charge is -2.64. The number of carbonyl (C=O) groups excluding carboxylic acids is 1. The summed E-state index contributed by atoms with van der Waals surface area (Å²) < 4.78 is 0. The van der Waals surface area contributed by atoms with Crippen LogP contribution in [0, 0.1) is 45.3 Å². The van der Waals surface area contributed by atoms with Crippen molar-refractivity contribution >= 4 is 11.8 Å². The van der Waals surface area contributed by atoms with Crippen LogP contribution in [0.5, 0.6) is 0 Å². The minimum Gasteiger partial charge on any atom is -0.481 e. The molecule has 0 heterocycles. The monoisotopic (exact) mass is 330 g/mol. The Hall–Kier alpha value is -0.860. The van der Waals surface area contributed by atoms with E-state index in [1.165, 1.54) is 32.1 Å². The van der Waals surface area contributed by atoms with E-state index in [0.717, 1.165) is 18.8 Å². The molecule has 3 heteroatoms. The van der Waals surface area contributed by atoms with Gasteiger partial charge in [0.1, 0.15) is 5.78 Å². The minimum atomic E-state index is -0.595. The Morgan fingerprint density at radius 2 is 1.92 bits per heavy atom. The second-order valence-corrected chi connectivity index (χ2v) is 10.8. The van der Waals surface area contributed by atoms with Gasteiger partial charge in [-0.3, -0.25) is 9.59 Å². The zero-order chi connectivity index (χ0) is 17.1. The molecule has 0 amide bonds. The number of carboxylic acid groups (broad SMARTS) is 1. The number of aliphatic carboxylic acids is 1. The van der Waals surface area contributed by atoms with Gasteiger partial charge in [-0.15, -0.1) is 0 Å². The fraction of sp³-hybridized carbons (Fsp3) is 0.905. The molecule has 132 valence electrons. The molecule has 4 bridgehead atoms. The van der Waals surface area contributed by atoms with E-state index in [9.17, 15) is 14.7 Å². The molecule has 0 aromatic carbocycles. The molecule has 0 aromatic rings. The van der Waals surface area contributed by atoms with Crippen LogP contribution in [0.25, 0.3) is 0 Å². The molecule has 1 spiro atoms. The van der Waals surface area contributed by atoms with Crippen LogP contribution in [0.15, 0.2) is 0 Å². The molecule has 24 heavy (non-hydrogen) atoms. The van der Waals surface area contributed by atoms with E-state index in [4.69, 9.17) is 0 Å². The lowest BCUT2D eigenvalue weighted by Crippen LogP contribution is -2.59. The van der Waals surface area contributed by atoms with E-state index in [2.05, 4.69) is 20.8 Å². The fourth-order valence-electron chi connectivity index (χ4n) is 8.99. The second kappa shape index (κ2) is 4.10. The highest BCUT2D eigenvalue weighted by Gasteiger charge is 2.80. The fourth-order valence-corrected chi connectivity index (χ4v) is 8.99. The minimum absolute atomic E-state index is 0.158. The van der Waals surface area contributed by atoms with Crippen molar-refractivity contribution in [3.05, 3.63) is 0 Å². The summed E-state index contributed by atoms with van der Waals surface area (Å²) in [6.07, 6.45) is 8.33. The third kappa shape index (κ3) is 1.52. The van der Waals surface area contributed by atoms with E-state index in [0.29, 0.717) is 40.8 Å². The summed E-state index contributed by atoms with van der Waals surface area (Å²) in [4.78, 5) is 23.9. The number of hydrogen-bond donors (Lipinski definition) is 1. The highest BCUT2D eigenvalue weighted by Crippen LogP contribution is 2.86. The van der Waals surface area contributed by atoms with Crippen molar-refractivity contribution in [2.24, 2.45) is 45.3 Å². The number of rotatable bonds is 2. The zero-order valence-corrected chi connectivity index (χ0v) is 15.2. The van der Waals surface area contributed by atoms with Crippen LogP contribution in [0.2, 0.25) is 0 Å². The molecule has 6 aliphatic carbocycles. The molecule has 6 saturated carbocycles. The van der Waals surface area contributed by atoms with Gasteiger partial charge in [0.25, 0.3) is 0 Å². The molecule has 7 atom stereocenters. The molecular formula is C21H30O3. The summed E-state index contributed by atoms with van der Waals surface area (Å²) in [6.45, 7) is 6.86. The Labute approximate surface area is 144 Å². The standard InChI is InChI=1S/C21H30O3/c1-18(2)14-4-7-20-9-13-12(21(13,11-20)10-17(23)24)8-15(20)19(14,3)6-5-16(18)22/h12-15H,4-11H2,1-3H3,(H,23,24)/t12-,13+,14-,15+,19-,20+,21-/m1/s1. The van der Waals surface area contributed by atoms with E-state index >= 15 is 0 Å². The number of ketones is 1. The maximum atomic E-state index is 12.5. The van der Waals surface area contributed by atoms with Crippen molar-refractivity contribution in [2.75, 3.05) is 0 Å². The normalized spacial score (nSPS) is 56.4. The van der Waals surface area contributed by atoms with Crippen LogP contribution in [0.4, 0.5) is 0 Å². The number of hydrogen-bond acceptors (Lipinski definition) is 2. The molecule has 3 nitrogen and oxygen atoms in total. The molecule has 6 rings (SSSR count). The summed E-state index contributed by atoms with van der Waals surface area (Å²) in [5.74, 6) is 2.48. The van der Waals surface area contributed by atoms with Gasteiger partial charge < -0.3 is 5.11 Å². The largest absolute Gasteiger partial charge is 0.481 e. The molecule has 0 aliphatic heterocycles. The smallest absolute Gasteiger partial charge is 0.303 e.